The molecular weight excluding hydrogens is 228 g/mol. The molecule has 1 heterocycles. The highest BCUT2D eigenvalue weighted by molar-refractivity contribution is 6.32. The molecule has 0 spiro atoms. The van der Waals surface area contributed by atoms with Crippen LogP contribution < -0.4 is 11.1 Å². The fourth-order valence-electron chi connectivity index (χ4n) is 1.53. The molecule has 0 saturated heterocycles. The zero-order valence-corrected chi connectivity index (χ0v) is 10.3. The Morgan fingerprint density at radius 1 is 1.56 bits per heavy atom. The molecule has 0 aliphatic rings. The summed E-state index contributed by atoms with van der Waals surface area (Å²) in [6, 6.07) is 1.55. The molecule has 3 N–H and O–H groups in total. The van der Waals surface area contributed by atoms with Gasteiger partial charge in [0.15, 0.2) is 0 Å². The minimum atomic E-state index is -0.363. The van der Waals surface area contributed by atoms with Crippen LogP contribution >= 0.6 is 11.6 Å². The maximum Gasteiger partial charge on any atom is 0.256 e. The van der Waals surface area contributed by atoms with Gasteiger partial charge in [-0.05, 0) is 30.5 Å². The average molecular weight is 245 g/mol. The molecule has 1 amide bonds. The summed E-state index contributed by atoms with van der Waals surface area (Å²) in [6.45, 7) is 4.39. The normalized spacial score (nSPS) is 11.5. The first-order valence-electron chi connectivity index (χ1n) is 5.34. The minimum absolute atomic E-state index is 0.107. The van der Waals surface area contributed by atoms with E-state index in [9.17, 15) is 4.79 Å². The van der Waals surface area contributed by atoms with E-state index in [1.807, 2.05) is 13.8 Å². The van der Waals surface area contributed by atoms with Gasteiger partial charge in [-0.2, -0.15) is 0 Å². The van der Waals surface area contributed by atoms with E-state index in [2.05, 4.69) is 5.32 Å². The fourth-order valence-corrected chi connectivity index (χ4v) is 1.73. The third kappa shape index (κ3) is 2.57. The summed E-state index contributed by atoms with van der Waals surface area (Å²) in [5.74, 6) is -0.243. The van der Waals surface area contributed by atoms with Crippen LogP contribution in [0.15, 0.2) is 16.7 Å². The van der Waals surface area contributed by atoms with Crippen molar-refractivity contribution in [3.8, 4) is 0 Å². The van der Waals surface area contributed by atoms with E-state index in [1.54, 1.807) is 6.07 Å². The van der Waals surface area contributed by atoms with Crippen molar-refractivity contribution in [3.63, 3.8) is 0 Å². The van der Waals surface area contributed by atoms with Crippen LogP contribution in [0.5, 0.6) is 0 Å². The van der Waals surface area contributed by atoms with Crippen molar-refractivity contribution in [2.75, 3.05) is 6.54 Å². The van der Waals surface area contributed by atoms with E-state index in [-0.39, 0.29) is 16.7 Å². The van der Waals surface area contributed by atoms with Crippen molar-refractivity contribution in [2.24, 2.45) is 5.73 Å². The second kappa shape index (κ2) is 5.37. The van der Waals surface area contributed by atoms with E-state index in [4.69, 9.17) is 21.8 Å². The lowest BCUT2D eigenvalue weighted by molar-refractivity contribution is 0.0895. The van der Waals surface area contributed by atoms with Gasteiger partial charge in [-0.3, -0.25) is 4.79 Å². The van der Waals surface area contributed by atoms with E-state index in [0.717, 1.165) is 12.8 Å². The number of halogens is 1. The molecule has 0 aliphatic heterocycles. The molecule has 16 heavy (non-hydrogen) atoms. The van der Waals surface area contributed by atoms with Crippen LogP contribution in [-0.4, -0.2) is 18.0 Å². The van der Waals surface area contributed by atoms with Gasteiger partial charge in [0, 0.05) is 6.54 Å². The summed E-state index contributed by atoms with van der Waals surface area (Å²) >= 11 is 5.73. The molecular formula is C11H17ClN2O2. The second-order valence-electron chi connectivity index (χ2n) is 3.75. The molecule has 0 unspecified atom stereocenters. The predicted octanol–water partition coefficient (Wildman–Crippen LogP) is 2.18. The minimum Gasteiger partial charge on any atom is -0.452 e. The van der Waals surface area contributed by atoms with Crippen molar-refractivity contribution < 1.29 is 9.21 Å². The summed E-state index contributed by atoms with van der Waals surface area (Å²) in [6.07, 6.45) is 2.95. The zero-order valence-electron chi connectivity index (χ0n) is 9.55. The Kier molecular flexibility index (Phi) is 4.38. The molecule has 1 aromatic heterocycles. The number of furan rings is 1. The van der Waals surface area contributed by atoms with Crippen LogP contribution in [0.2, 0.25) is 5.22 Å². The summed E-state index contributed by atoms with van der Waals surface area (Å²) in [5.41, 5.74) is 5.68. The van der Waals surface area contributed by atoms with Gasteiger partial charge in [-0.1, -0.05) is 13.8 Å². The Morgan fingerprint density at radius 3 is 2.56 bits per heavy atom. The fraction of sp³-hybridized carbons (Fsp3) is 0.545. The number of amides is 1. The summed E-state index contributed by atoms with van der Waals surface area (Å²) in [7, 11) is 0. The smallest absolute Gasteiger partial charge is 0.256 e. The molecule has 4 nitrogen and oxygen atoms in total. The lowest BCUT2D eigenvalue weighted by Gasteiger charge is -2.31. The van der Waals surface area contributed by atoms with E-state index >= 15 is 0 Å². The highest BCUT2D eigenvalue weighted by Gasteiger charge is 2.28. The van der Waals surface area contributed by atoms with Gasteiger partial charge in [-0.25, -0.2) is 0 Å². The Hall–Kier alpha value is -1.00. The summed E-state index contributed by atoms with van der Waals surface area (Å²) in [5, 5.41) is 3.02. The van der Waals surface area contributed by atoms with Crippen molar-refractivity contribution in [2.45, 2.75) is 32.2 Å². The van der Waals surface area contributed by atoms with Gasteiger partial charge in [-0.15, -0.1) is 0 Å². The highest BCUT2D eigenvalue weighted by Crippen LogP contribution is 2.19. The maximum atomic E-state index is 11.9. The lowest BCUT2D eigenvalue weighted by Crippen LogP contribution is -2.52. The van der Waals surface area contributed by atoms with E-state index in [0.29, 0.717) is 12.1 Å². The van der Waals surface area contributed by atoms with Gasteiger partial charge in [0.2, 0.25) is 5.22 Å². The first kappa shape index (κ1) is 13.1. The molecule has 0 aromatic carbocycles. The van der Waals surface area contributed by atoms with Crippen molar-refractivity contribution in [1.29, 1.82) is 0 Å². The van der Waals surface area contributed by atoms with Crippen LogP contribution in [0.25, 0.3) is 0 Å². The summed E-state index contributed by atoms with van der Waals surface area (Å²) in [4.78, 5) is 11.9. The molecule has 0 fully saturated rings. The van der Waals surface area contributed by atoms with Crippen LogP contribution in [0.1, 0.15) is 37.0 Å². The lowest BCUT2D eigenvalue weighted by atomic mass is 9.92. The van der Waals surface area contributed by atoms with Crippen molar-refractivity contribution in [3.05, 3.63) is 23.1 Å². The van der Waals surface area contributed by atoms with Crippen molar-refractivity contribution in [1.82, 2.24) is 5.32 Å². The molecule has 1 rings (SSSR count). The summed E-state index contributed by atoms with van der Waals surface area (Å²) < 4.78 is 4.87. The van der Waals surface area contributed by atoms with E-state index in [1.165, 1.54) is 6.26 Å². The second-order valence-corrected chi connectivity index (χ2v) is 4.10. The largest absolute Gasteiger partial charge is 0.452 e. The Bertz CT molecular complexity index is 350. The van der Waals surface area contributed by atoms with Gasteiger partial charge >= 0.3 is 0 Å². The standard InChI is InChI=1S/C11H17ClN2O2/c1-3-11(4-2,7-13)14-10(15)8-5-6-16-9(8)12/h5-6H,3-4,7,13H2,1-2H3,(H,14,15). The van der Waals surface area contributed by atoms with Gasteiger partial charge in [0.1, 0.15) is 0 Å². The van der Waals surface area contributed by atoms with Crippen LogP contribution in [-0.2, 0) is 0 Å². The maximum absolute atomic E-state index is 11.9. The monoisotopic (exact) mass is 244 g/mol. The van der Waals surface area contributed by atoms with Crippen LogP contribution in [0.3, 0.4) is 0 Å². The molecule has 1 aromatic rings. The molecule has 0 saturated carbocycles. The number of nitrogens with two attached hydrogens (primary N) is 1. The Balaban J connectivity index is 2.81. The van der Waals surface area contributed by atoms with Crippen molar-refractivity contribution >= 4 is 17.5 Å². The first-order chi connectivity index (χ1) is 7.58. The number of hydrogen-bond acceptors (Lipinski definition) is 3. The van der Waals surface area contributed by atoms with Gasteiger partial charge in [0.25, 0.3) is 5.91 Å². The molecule has 0 aliphatic carbocycles. The molecule has 5 heteroatoms. The van der Waals surface area contributed by atoms with Gasteiger partial charge < -0.3 is 15.5 Å². The zero-order chi connectivity index (χ0) is 12.2. The number of rotatable bonds is 5. The Morgan fingerprint density at radius 2 is 2.19 bits per heavy atom. The third-order valence-corrected chi connectivity index (χ3v) is 3.28. The van der Waals surface area contributed by atoms with Gasteiger partial charge in [0.05, 0.1) is 17.4 Å². The van der Waals surface area contributed by atoms with E-state index < -0.39 is 0 Å². The number of hydrogen-bond donors (Lipinski definition) is 2. The third-order valence-electron chi connectivity index (χ3n) is 2.99. The van der Waals surface area contributed by atoms with Crippen LogP contribution in [0, 0.1) is 0 Å². The Labute approximate surface area is 100 Å². The molecule has 0 radical (unpaired) electrons. The van der Waals surface area contributed by atoms with Crippen LogP contribution in [0.4, 0.5) is 0 Å². The molecule has 90 valence electrons. The molecule has 0 bridgehead atoms. The quantitative estimate of drug-likeness (QED) is 0.834. The highest BCUT2D eigenvalue weighted by atomic mass is 35.5. The number of carbonyl (C=O) groups excluding carboxylic acids is 1. The average Bonchev–Trinajstić information content (AvgIpc) is 2.72. The SMILES string of the molecule is CCC(CC)(CN)NC(=O)c1ccoc1Cl. The topological polar surface area (TPSA) is 68.3 Å². The predicted molar refractivity (Wildman–Crippen MR) is 63.6 cm³/mol. The number of nitrogens with one attached hydrogen (secondary N) is 1. The molecule has 0 atom stereocenters. The first-order valence-corrected chi connectivity index (χ1v) is 5.72. The number of carbonyl (C=O) groups is 1.